The summed E-state index contributed by atoms with van der Waals surface area (Å²) in [6.07, 6.45) is 5.01. The van der Waals surface area contributed by atoms with Crippen LogP contribution in [0.2, 0.25) is 0 Å². The molecular weight excluding hydrogens is 774 g/mol. The Morgan fingerprint density at radius 1 is 0.930 bits per heavy atom. The molecular formula is C42H49F2N4O7PS. The third-order valence-electron chi connectivity index (χ3n) is 11.5. The maximum atomic E-state index is 14.6. The molecule has 0 saturated carbocycles. The molecule has 3 aromatic carbocycles. The number of alkyl halides is 2. The Morgan fingerprint density at radius 3 is 2.37 bits per heavy atom. The van der Waals surface area contributed by atoms with E-state index in [9.17, 15) is 37.5 Å². The normalized spacial score (nSPS) is 20.5. The van der Waals surface area contributed by atoms with E-state index in [4.69, 9.17) is 4.74 Å². The molecule has 57 heavy (non-hydrogen) atoms. The first kappa shape index (κ1) is 41.1. The van der Waals surface area contributed by atoms with E-state index in [1.165, 1.54) is 17.7 Å². The quantitative estimate of drug-likeness (QED) is 0.129. The van der Waals surface area contributed by atoms with Crippen LogP contribution in [0.25, 0.3) is 10.1 Å². The molecule has 7 rings (SSSR count). The highest BCUT2D eigenvalue weighted by molar-refractivity contribution is 7.52. The van der Waals surface area contributed by atoms with Gasteiger partial charge in [-0.3, -0.25) is 18.9 Å². The predicted molar refractivity (Wildman–Crippen MR) is 214 cm³/mol. The Kier molecular flexibility index (Phi) is 12.9. The molecule has 0 bridgehead atoms. The summed E-state index contributed by atoms with van der Waals surface area (Å²) in [7, 11) is -5.79. The lowest BCUT2D eigenvalue weighted by Gasteiger charge is -2.38. The number of carbonyl (C=O) groups excluding carboxylic acids is 3. The van der Waals surface area contributed by atoms with Gasteiger partial charge in [0.1, 0.15) is 18.2 Å². The van der Waals surface area contributed by atoms with Crippen LogP contribution in [0.4, 0.5) is 8.78 Å². The number of hydrogen-bond acceptors (Lipinski definition) is 7. The highest BCUT2D eigenvalue weighted by atomic mass is 32.1. The van der Waals surface area contributed by atoms with Gasteiger partial charge in [-0.25, -0.2) is 0 Å². The first-order valence-electron chi connectivity index (χ1n) is 19.7. The summed E-state index contributed by atoms with van der Waals surface area (Å²) in [5.74, 6) is -0.863. The zero-order valence-electron chi connectivity index (χ0n) is 31.7. The van der Waals surface area contributed by atoms with Crippen molar-refractivity contribution >= 4 is 46.7 Å². The molecule has 0 aliphatic carbocycles. The lowest BCUT2D eigenvalue weighted by Crippen LogP contribution is -2.56. The number of carbonyl (C=O) groups is 3. The molecule has 3 amide bonds. The van der Waals surface area contributed by atoms with E-state index in [-0.39, 0.29) is 34.1 Å². The largest absolute Gasteiger partial charge is 0.399 e. The lowest BCUT2D eigenvalue weighted by atomic mass is 9.89. The molecule has 15 heteroatoms. The molecule has 3 saturated heterocycles. The molecule has 3 aliphatic heterocycles. The van der Waals surface area contributed by atoms with Crippen LogP contribution in [0.5, 0.6) is 0 Å². The summed E-state index contributed by atoms with van der Waals surface area (Å²) in [5.41, 5.74) is -2.96. The summed E-state index contributed by atoms with van der Waals surface area (Å²) in [6.45, 7) is 4.26. The Morgan fingerprint density at radius 2 is 1.65 bits per heavy atom. The molecule has 3 aliphatic rings. The van der Waals surface area contributed by atoms with Gasteiger partial charge in [0.2, 0.25) is 11.8 Å². The van der Waals surface area contributed by atoms with Crippen molar-refractivity contribution < 1.29 is 42.3 Å². The number of amides is 3. The van der Waals surface area contributed by atoms with Gasteiger partial charge in [-0.1, -0.05) is 66.7 Å². The Labute approximate surface area is 335 Å². The monoisotopic (exact) mass is 822 g/mol. The van der Waals surface area contributed by atoms with E-state index < -0.39 is 36.8 Å². The van der Waals surface area contributed by atoms with Crippen molar-refractivity contribution in [3.05, 3.63) is 106 Å². The molecule has 0 radical (unpaired) electrons. The van der Waals surface area contributed by atoms with Gasteiger partial charge in [0.25, 0.3) is 5.91 Å². The molecule has 4 aromatic rings. The number of rotatable bonds is 13. The number of aryl methyl sites for hydroxylation is 1. The van der Waals surface area contributed by atoms with Crippen molar-refractivity contribution in [3.8, 4) is 0 Å². The molecule has 304 valence electrons. The van der Waals surface area contributed by atoms with Gasteiger partial charge in [-0.2, -0.15) is 8.78 Å². The number of nitrogens with zero attached hydrogens (tertiary/aromatic N) is 3. The highest BCUT2D eigenvalue weighted by Crippen LogP contribution is 2.59. The van der Waals surface area contributed by atoms with Crippen molar-refractivity contribution in [2.45, 2.75) is 68.8 Å². The van der Waals surface area contributed by atoms with Gasteiger partial charge in [0, 0.05) is 23.4 Å². The van der Waals surface area contributed by atoms with E-state index in [1.807, 2.05) is 36.4 Å². The van der Waals surface area contributed by atoms with E-state index in [1.54, 1.807) is 9.80 Å². The number of morpholine rings is 1. The van der Waals surface area contributed by atoms with E-state index in [0.29, 0.717) is 50.2 Å². The molecule has 3 fully saturated rings. The second-order valence-electron chi connectivity index (χ2n) is 15.3. The number of benzene rings is 3. The molecule has 3 atom stereocenters. The van der Waals surface area contributed by atoms with Crippen molar-refractivity contribution in [1.82, 2.24) is 20.0 Å². The minimum Gasteiger partial charge on any atom is -0.370 e. The topological polar surface area (TPSA) is 140 Å². The summed E-state index contributed by atoms with van der Waals surface area (Å²) in [4.78, 5) is 67.1. The number of piperidine rings is 1. The van der Waals surface area contributed by atoms with Crippen LogP contribution >= 0.6 is 18.9 Å². The third kappa shape index (κ3) is 9.64. The van der Waals surface area contributed by atoms with Crippen LogP contribution in [-0.4, -0.2) is 100 Å². The van der Waals surface area contributed by atoms with Crippen molar-refractivity contribution in [2.75, 3.05) is 45.9 Å². The van der Waals surface area contributed by atoms with Gasteiger partial charge < -0.3 is 34.5 Å². The Hall–Kier alpha value is -4.04. The smallest absolute Gasteiger partial charge is 0.370 e. The van der Waals surface area contributed by atoms with Crippen LogP contribution in [0.1, 0.15) is 71.0 Å². The van der Waals surface area contributed by atoms with Crippen LogP contribution < -0.4 is 5.32 Å². The van der Waals surface area contributed by atoms with Gasteiger partial charge in [0.05, 0.1) is 18.0 Å². The fourth-order valence-electron chi connectivity index (χ4n) is 8.31. The molecule has 1 aromatic heterocycles. The highest BCUT2D eigenvalue weighted by Gasteiger charge is 2.50. The minimum atomic E-state index is -5.79. The predicted octanol–water partition coefficient (Wildman–Crippen LogP) is 6.55. The van der Waals surface area contributed by atoms with Crippen molar-refractivity contribution in [2.24, 2.45) is 5.92 Å². The van der Waals surface area contributed by atoms with Crippen LogP contribution in [0, 0.1) is 5.92 Å². The van der Waals surface area contributed by atoms with Gasteiger partial charge in [-0.05, 0) is 105 Å². The van der Waals surface area contributed by atoms with Gasteiger partial charge in [0.15, 0.2) is 0 Å². The lowest BCUT2D eigenvalue weighted by molar-refractivity contribution is -0.149. The number of likely N-dealkylation sites (tertiary alicyclic amines) is 2. The summed E-state index contributed by atoms with van der Waals surface area (Å²) in [6, 6.07) is 23.2. The average Bonchev–Trinajstić information content (AvgIpc) is 3.89. The van der Waals surface area contributed by atoms with Crippen molar-refractivity contribution in [1.29, 1.82) is 0 Å². The molecule has 0 spiro atoms. The number of thiophene rings is 1. The van der Waals surface area contributed by atoms with Gasteiger partial charge in [-0.15, -0.1) is 11.3 Å². The maximum Gasteiger partial charge on any atom is 0.399 e. The zero-order chi connectivity index (χ0) is 40.2. The second kappa shape index (κ2) is 17.8. The van der Waals surface area contributed by atoms with Gasteiger partial charge >= 0.3 is 13.3 Å². The number of ether oxygens (including phenoxy) is 1. The van der Waals surface area contributed by atoms with Crippen LogP contribution in [0.3, 0.4) is 0 Å². The average molecular weight is 823 g/mol. The van der Waals surface area contributed by atoms with Crippen LogP contribution in [-0.2, 0) is 31.0 Å². The van der Waals surface area contributed by atoms with Crippen LogP contribution in [0.15, 0.2) is 84.9 Å². The Bertz CT molecular complexity index is 2080. The standard InChI is InChI=1S/C42H49F2N4O7PS/c43-42(44,56(52,53)54)33-15-16-37-32(26-33)27-38(57-37)39(49)45-34(25-30-17-21-46(22-18-30)19-7-11-29-9-3-1-4-10-29)40(50)48-20-8-14-35(48)41(51)47-23-24-55-36(28-47)31-12-5-2-6-13-31/h1-6,9-10,12-13,15-16,26-27,30,34-36H,7-8,11,14,17-25,28H2,(H,45,49)(H2,52,53,54)/t34?,35-,36-/m0/s1. The first-order chi connectivity index (χ1) is 27.4. The molecule has 1 unspecified atom stereocenters. The number of nitrogens with one attached hydrogen (secondary N) is 1. The molecule has 3 N–H and O–H groups in total. The Balaban J connectivity index is 1.06. The summed E-state index contributed by atoms with van der Waals surface area (Å²) < 4.78 is 47.1. The maximum absolute atomic E-state index is 14.6. The fraction of sp³-hybridized carbons (Fsp3) is 0.452. The first-order valence-corrected chi connectivity index (χ1v) is 22.1. The van der Waals surface area contributed by atoms with E-state index in [2.05, 4.69) is 34.5 Å². The third-order valence-corrected chi connectivity index (χ3v) is 13.6. The second-order valence-corrected chi connectivity index (χ2v) is 18.1. The SMILES string of the molecule is O=C(NC(CC1CCN(CCCc2ccccc2)CC1)C(=O)N1CCC[C@H]1C(=O)N1CCO[C@H](c2ccccc2)C1)c1cc2cc(C(F)(F)P(=O)(O)O)ccc2s1. The molecule has 11 nitrogen and oxygen atoms in total. The fourth-order valence-corrected chi connectivity index (χ4v) is 9.73. The summed E-state index contributed by atoms with van der Waals surface area (Å²) in [5, 5.41) is 3.19. The van der Waals surface area contributed by atoms with Crippen molar-refractivity contribution in [3.63, 3.8) is 0 Å². The number of halogens is 2. The van der Waals surface area contributed by atoms with E-state index >= 15 is 0 Å². The summed E-state index contributed by atoms with van der Waals surface area (Å²) >= 11 is 1.04. The number of hydrogen-bond donors (Lipinski definition) is 3. The minimum absolute atomic E-state index is 0.133. The number of fused-ring (bicyclic) bond motifs is 1. The zero-order valence-corrected chi connectivity index (χ0v) is 33.4. The molecule has 4 heterocycles. The van der Waals surface area contributed by atoms with E-state index in [0.717, 1.165) is 74.4 Å².